The van der Waals surface area contributed by atoms with Crippen LogP contribution in [0, 0.1) is 5.82 Å². The number of halogens is 2. The van der Waals surface area contributed by atoms with Crippen LogP contribution in [0.1, 0.15) is 42.2 Å². The second-order valence-corrected chi connectivity index (χ2v) is 5.48. The van der Waals surface area contributed by atoms with Crippen LogP contribution in [0.3, 0.4) is 0 Å². The summed E-state index contributed by atoms with van der Waals surface area (Å²) in [5, 5.41) is 3.99. The highest BCUT2D eigenvalue weighted by molar-refractivity contribution is 6.29. The molecule has 104 valence electrons. The van der Waals surface area contributed by atoms with Gasteiger partial charge in [0.1, 0.15) is 11.0 Å². The Morgan fingerprint density at radius 3 is 3.05 bits per heavy atom. The maximum absolute atomic E-state index is 13.2. The number of aryl methyl sites for hydroxylation is 1. The summed E-state index contributed by atoms with van der Waals surface area (Å²) in [6, 6.07) is 5.52. The highest BCUT2D eigenvalue weighted by Crippen LogP contribution is 2.32. The molecule has 0 radical (unpaired) electrons. The van der Waals surface area contributed by atoms with Crippen molar-refractivity contribution in [1.82, 2.24) is 15.3 Å². The molecule has 1 N–H and O–H groups in total. The van der Waals surface area contributed by atoms with Gasteiger partial charge < -0.3 is 5.32 Å². The first-order valence-corrected chi connectivity index (χ1v) is 7.03. The Labute approximate surface area is 122 Å². The van der Waals surface area contributed by atoms with Gasteiger partial charge in [0.15, 0.2) is 0 Å². The lowest BCUT2D eigenvalue weighted by molar-refractivity contribution is 0.455. The number of fused-ring (bicyclic) bond motifs is 1. The quantitative estimate of drug-likeness (QED) is 0.878. The summed E-state index contributed by atoms with van der Waals surface area (Å²) in [6.45, 7) is 2.00. The minimum atomic E-state index is -0.316. The van der Waals surface area contributed by atoms with Gasteiger partial charge in [0, 0.05) is 12.2 Å². The van der Waals surface area contributed by atoms with Crippen molar-refractivity contribution in [2.24, 2.45) is 0 Å². The van der Waals surface area contributed by atoms with Gasteiger partial charge in [-0.15, -0.1) is 0 Å². The third kappa shape index (κ3) is 2.67. The van der Waals surface area contributed by atoms with E-state index in [4.69, 9.17) is 11.6 Å². The maximum Gasteiger partial charge on any atom is 0.141 e. The van der Waals surface area contributed by atoms with Crippen molar-refractivity contribution >= 4 is 11.6 Å². The molecule has 20 heavy (non-hydrogen) atoms. The molecule has 5 heteroatoms. The molecule has 2 aromatic heterocycles. The molecule has 2 atom stereocenters. The number of nitrogens with zero attached hydrogens (tertiary/aromatic N) is 2. The Morgan fingerprint density at radius 2 is 2.25 bits per heavy atom. The van der Waals surface area contributed by atoms with E-state index < -0.39 is 0 Å². The molecular formula is C15H15ClFN3. The van der Waals surface area contributed by atoms with Crippen LogP contribution in [-0.4, -0.2) is 9.97 Å². The van der Waals surface area contributed by atoms with Gasteiger partial charge in [0.05, 0.1) is 17.9 Å². The van der Waals surface area contributed by atoms with E-state index in [1.807, 2.05) is 19.1 Å². The normalized spacial score (nSPS) is 18.9. The molecule has 0 saturated carbocycles. The Hall–Kier alpha value is -1.52. The first-order chi connectivity index (χ1) is 9.63. The second kappa shape index (κ2) is 5.46. The molecule has 0 spiro atoms. The van der Waals surface area contributed by atoms with Gasteiger partial charge in [-0.05, 0) is 43.0 Å². The van der Waals surface area contributed by atoms with Crippen LogP contribution >= 0.6 is 11.6 Å². The maximum atomic E-state index is 13.2. The lowest BCUT2D eigenvalue weighted by Crippen LogP contribution is -2.23. The van der Waals surface area contributed by atoms with Crippen LogP contribution in [0.25, 0.3) is 0 Å². The number of rotatable bonds is 3. The first-order valence-electron chi connectivity index (χ1n) is 6.65. The second-order valence-electron chi connectivity index (χ2n) is 5.09. The van der Waals surface area contributed by atoms with E-state index in [-0.39, 0.29) is 17.9 Å². The van der Waals surface area contributed by atoms with Crippen molar-refractivity contribution in [3.05, 3.63) is 58.4 Å². The third-order valence-corrected chi connectivity index (χ3v) is 3.90. The van der Waals surface area contributed by atoms with Crippen molar-refractivity contribution in [3.8, 4) is 0 Å². The Morgan fingerprint density at radius 1 is 1.40 bits per heavy atom. The number of hydrogen-bond acceptors (Lipinski definition) is 3. The summed E-state index contributed by atoms with van der Waals surface area (Å²) in [6.07, 6.45) is 4.87. The summed E-state index contributed by atoms with van der Waals surface area (Å²) in [7, 11) is 0. The summed E-state index contributed by atoms with van der Waals surface area (Å²) in [5.41, 5.74) is 3.07. The zero-order valence-electron chi connectivity index (χ0n) is 11.1. The molecule has 1 aliphatic rings. The molecule has 0 saturated heterocycles. The van der Waals surface area contributed by atoms with E-state index in [0.29, 0.717) is 5.15 Å². The van der Waals surface area contributed by atoms with Crippen molar-refractivity contribution in [2.45, 2.75) is 31.8 Å². The summed E-state index contributed by atoms with van der Waals surface area (Å²) < 4.78 is 13.2. The van der Waals surface area contributed by atoms with E-state index >= 15 is 0 Å². The highest BCUT2D eigenvalue weighted by Gasteiger charge is 2.25. The van der Waals surface area contributed by atoms with E-state index in [0.717, 1.165) is 24.1 Å². The number of nitrogens with one attached hydrogen (secondary N) is 1. The largest absolute Gasteiger partial charge is 0.302 e. The molecule has 0 amide bonds. The van der Waals surface area contributed by atoms with Crippen LogP contribution in [0.15, 0.2) is 30.6 Å². The van der Waals surface area contributed by atoms with Gasteiger partial charge in [-0.3, -0.25) is 4.98 Å². The van der Waals surface area contributed by atoms with E-state index in [1.165, 1.54) is 17.8 Å². The highest BCUT2D eigenvalue weighted by atomic mass is 35.5. The monoisotopic (exact) mass is 291 g/mol. The van der Waals surface area contributed by atoms with Crippen molar-refractivity contribution in [3.63, 3.8) is 0 Å². The Bertz CT molecular complexity index is 632. The van der Waals surface area contributed by atoms with Crippen molar-refractivity contribution in [1.29, 1.82) is 0 Å². The average molecular weight is 292 g/mol. The molecule has 3 rings (SSSR count). The summed E-state index contributed by atoms with van der Waals surface area (Å²) >= 11 is 5.96. The lowest BCUT2D eigenvalue weighted by atomic mass is 10.1. The van der Waals surface area contributed by atoms with E-state index in [9.17, 15) is 4.39 Å². The van der Waals surface area contributed by atoms with Gasteiger partial charge >= 0.3 is 0 Å². The fourth-order valence-corrected chi connectivity index (χ4v) is 2.81. The predicted molar refractivity (Wildman–Crippen MR) is 76.1 cm³/mol. The van der Waals surface area contributed by atoms with Crippen LogP contribution in [0.5, 0.6) is 0 Å². The van der Waals surface area contributed by atoms with Crippen LogP contribution < -0.4 is 5.32 Å². The molecule has 0 bridgehead atoms. The Balaban J connectivity index is 1.78. The number of aromatic nitrogens is 2. The zero-order valence-corrected chi connectivity index (χ0v) is 11.9. The lowest BCUT2D eigenvalue weighted by Gasteiger charge is -2.20. The molecule has 0 aliphatic heterocycles. The molecule has 1 unspecified atom stereocenters. The third-order valence-electron chi connectivity index (χ3n) is 3.69. The molecular weight excluding hydrogens is 277 g/mol. The zero-order chi connectivity index (χ0) is 14.1. The predicted octanol–water partition coefficient (Wildman–Crippen LogP) is 3.61. The topological polar surface area (TPSA) is 37.8 Å². The number of hydrogen-bond donors (Lipinski definition) is 1. The van der Waals surface area contributed by atoms with Gasteiger partial charge in [-0.25, -0.2) is 9.37 Å². The fourth-order valence-electron chi connectivity index (χ4n) is 2.65. The SMILES string of the molecule is C[C@H](NC1CCc2ccc(Cl)nc21)c1cncc(F)c1. The van der Waals surface area contributed by atoms with Crippen LogP contribution in [-0.2, 0) is 6.42 Å². The van der Waals surface area contributed by atoms with Crippen molar-refractivity contribution < 1.29 is 4.39 Å². The Kier molecular flexibility index (Phi) is 3.68. The molecule has 0 aromatic carbocycles. The smallest absolute Gasteiger partial charge is 0.141 e. The molecule has 1 aliphatic carbocycles. The summed E-state index contributed by atoms with van der Waals surface area (Å²) in [5.74, 6) is -0.316. The van der Waals surface area contributed by atoms with Gasteiger partial charge in [0.25, 0.3) is 0 Å². The number of pyridine rings is 2. The first kappa shape index (κ1) is 13.5. The minimum absolute atomic E-state index is 0.00920. The van der Waals surface area contributed by atoms with E-state index in [1.54, 1.807) is 6.20 Å². The fraction of sp³-hybridized carbons (Fsp3) is 0.333. The van der Waals surface area contributed by atoms with Crippen LogP contribution in [0.4, 0.5) is 4.39 Å². The standard InChI is InChI=1S/C15H15ClFN3/c1-9(11-6-12(17)8-18-7-11)19-13-4-2-10-3-5-14(16)20-15(10)13/h3,5-9,13,19H,2,4H2,1H3/t9-,13?/m0/s1. The molecule has 0 fully saturated rings. The molecule has 3 nitrogen and oxygen atoms in total. The summed E-state index contributed by atoms with van der Waals surface area (Å²) in [4.78, 5) is 8.30. The minimum Gasteiger partial charge on any atom is -0.302 e. The van der Waals surface area contributed by atoms with Crippen molar-refractivity contribution in [2.75, 3.05) is 0 Å². The van der Waals surface area contributed by atoms with E-state index in [2.05, 4.69) is 15.3 Å². The average Bonchev–Trinajstić information content (AvgIpc) is 2.81. The van der Waals surface area contributed by atoms with Gasteiger partial charge in [0.2, 0.25) is 0 Å². The molecule has 2 heterocycles. The van der Waals surface area contributed by atoms with Gasteiger partial charge in [-0.2, -0.15) is 0 Å². The molecule has 2 aromatic rings. The van der Waals surface area contributed by atoms with Gasteiger partial charge in [-0.1, -0.05) is 17.7 Å². The van der Waals surface area contributed by atoms with Crippen LogP contribution in [0.2, 0.25) is 5.15 Å².